The van der Waals surface area contributed by atoms with E-state index in [-0.39, 0.29) is 32.5 Å². The smallest absolute Gasteiger partial charge is 0.257 e. The maximum absolute atomic E-state index is 12.9. The molecule has 0 spiro atoms. The molecule has 0 aliphatic rings. The third kappa shape index (κ3) is 4.19. The van der Waals surface area contributed by atoms with Crippen LogP contribution in [-0.2, 0) is 0 Å². The summed E-state index contributed by atoms with van der Waals surface area (Å²) in [5, 5.41) is 3.04. The Morgan fingerprint density at radius 3 is 2.48 bits per heavy atom. The summed E-state index contributed by atoms with van der Waals surface area (Å²) < 4.78 is 5.40. The van der Waals surface area contributed by atoms with Crippen molar-refractivity contribution >= 4 is 51.4 Å². The fourth-order valence-electron chi connectivity index (χ4n) is 2.49. The maximum atomic E-state index is 12.9. The zero-order chi connectivity index (χ0) is 20.4. The highest BCUT2D eigenvalue weighted by atomic mass is 35.5. The summed E-state index contributed by atoms with van der Waals surface area (Å²) in [4.78, 5) is 38.0. The number of nitrogens with one attached hydrogen (secondary N) is 1. The molecule has 4 aromatic rings. The molecule has 0 radical (unpaired) electrons. The quantitative estimate of drug-likeness (QED) is 0.344. The van der Waals surface area contributed by atoms with Gasteiger partial charge in [-0.2, -0.15) is 0 Å². The molecular weight excluding hydrogens is 435 g/mol. The van der Waals surface area contributed by atoms with E-state index < -0.39 is 5.91 Å². The molecule has 10 heteroatoms. The number of ketones is 1. The third-order valence-electron chi connectivity index (χ3n) is 3.73. The van der Waals surface area contributed by atoms with Gasteiger partial charge in [0.1, 0.15) is 26.6 Å². The monoisotopic (exact) mass is 444 g/mol. The van der Waals surface area contributed by atoms with Gasteiger partial charge in [0.05, 0.1) is 6.26 Å². The normalized spacial score (nSPS) is 10.7. The molecule has 0 aliphatic heterocycles. The lowest BCUT2D eigenvalue weighted by Crippen LogP contribution is -2.12. The number of anilines is 1. The lowest BCUT2D eigenvalue weighted by molar-refractivity contribution is 0.102. The van der Waals surface area contributed by atoms with E-state index in [1.165, 1.54) is 24.6 Å². The predicted molar refractivity (Wildman–Crippen MR) is 110 cm³/mol. The van der Waals surface area contributed by atoms with E-state index in [1.807, 2.05) is 0 Å². The van der Waals surface area contributed by atoms with E-state index in [2.05, 4.69) is 20.3 Å². The number of pyridine rings is 2. The van der Waals surface area contributed by atoms with E-state index in [9.17, 15) is 9.59 Å². The molecule has 0 saturated heterocycles. The number of halogens is 2. The van der Waals surface area contributed by atoms with Crippen LogP contribution in [0.2, 0.25) is 10.3 Å². The zero-order valence-electron chi connectivity index (χ0n) is 14.4. The van der Waals surface area contributed by atoms with Gasteiger partial charge in [0, 0.05) is 11.8 Å². The molecule has 0 fully saturated rings. The molecule has 0 bridgehead atoms. The van der Waals surface area contributed by atoms with Crippen molar-refractivity contribution in [3.05, 3.63) is 81.4 Å². The number of rotatable bonds is 5. The molecule has 1 N–H and O–H groups in total. The molecule has 7 nitrogen and oxygen atoms in total. The molecular formula is C19H10Cl2N4O3S. The second-order valence-corrected chi connectivity index (χ2v) is 7.45. The Kier molecular flexibility index (Phi) is 5.39. The summed E-state index contributed by atoms with van der Waals surface area (Å²) in [7, 11) is 0. The van der Waals surface area contributed by atoms with Gasteiger partial charge in [-0.25, -0.2) is 9.97 Å². The van der Waals surface area contributed by atoms with Gasteiger partial charge in [0.15, 0.2) is 10.9 Å². The van der Waals surface area contributed by atoms with Crippen LogP contribution in [0, 0.1) is 0 Å². The molecule has 0 unspecified atom stereocenters. The summed E-state index contributed by atoms with van der Waals surface area (Å²) in [5.74, 6) is -0.422. The maximum Gasteiger partial charge on any atom is 0.257 e. The minimum atomic E-state index is -0.493. The lowest BCUT2D eigenvalue weighted by Gasteiger charge is -2.02. The Hall–Kier alpha value is -3.07. The van der Waals surface area contributed by atoms with Gasteiger partial charge in [-0.1, -0.05) is 40.6 Å². The van der Waals surface area contributed by atoms with Gasteiger partial charge >= 0.3 is 0 Å². The van der Waals surface area contributed by atoms with Gasteiger partial charge in [-0.05, 0) is 36.4 Å². The van der Waals surface area contributed by atoms with Crippen LogP contribution < -0.4 is 5.32 Å². The van der Waals surface area contributed by atoms with Crippen LogP contribution >= 0.6 is 34.5 Å². The van der Waals surface area contributed by atoms with Crippen LogP contribution in [0.3, 0.4) is 0 Å². The van der Waals surface area contributed by atoms with E-state index >= 15 is 0 Å². The Bertz CT molecular complexity index is 1170. The Balaban J connectivity index is 1.70. The highest BCUT2D eigenvalue weighted by Crippen LogP contribution is 2.33. The summed E-state index contributed by atoms with van der Waals surface area (Å²) >= 11 is 12.7. The number of amides is 1. The van der Waals surface area contributed by atoms with Crippen LogP contribution in [-0.4, -0.2) is 26.6 Å². The molecule has 1 amide bonds. The predicted octanol–water partition coefficient (Wildman–Crippen LogP) is 4.98. The molecule has 4 rings (SSSR count). The molecule has 144 valence electrons. The summed E-state index contributed by atoms with van der Waals surface area (Å²) in [6.45, 7) is 0. The van der Waals surface area contributed by atoms with E-state index in [1.54, 1.807) is 30.3 Å². The number of aromatic nitrogens is 3. The first-order chi connectivity index (χ1) is 14.0. The largest absolute Gasteiger partial charge is 0.463 e. The molecule has 4 heterocycles. The minimum absolute atomic E-state index is 0.0871. The van der Waals surface area contributed by atoms with Gasteiger partial charge in [-0.15, -0.1) is 0 Å². The van der Waals surface area contributed by atoms with E-state index in [4.69, 9.17) is 27.6 Å². The molecule has 0 saturated carbocycles. The average molecular weight is 445 g/mol. The SMILES string of the molecule is O=C(Nc1nc(-c2ccco2)c(C(=O)c2ccccn2)s1)c1cc(Cl)nc(Cl)c1. The Morgan fingerprint density at radius 2 is 1.83 bits per heavy atom. The third-order valence-corrected chi connectivity index (χ3v) is 5.09. The number of thiazole rings is 1. The summed E-state index contributed by atoms with van der Waals surface area (Å²) in [6.07, 6.45) is 3.00. The standard InChI is InChI=1S/C19H10Cl2N4O3S/c20-13-8-10(9-14(21)23-13)18(27)25-19-24-15(12-5-3-7-28-12)17(29-19)16(26)11-4-1-2-6-22-11/h1-9H,(H,24,25,27). The first-order valence-corrected chi connectivity index (χ1v) is 9.73. The first kappa shape index (κ1) is 19.3. The van der Waals surface area contributed by atoms with Crippen molar-refractivity contribution in [3.8, 4) is 11.5 Å². The van der Waals surface area contributed by atoms with Crippen molar-refractivity contribution in [1.29, 1.82) is 0 Å². The number of nitrogens with zero attached hydrogens (tertiary/aromatic N) is 3. The molecule has 29 heavy (non-hydrogen) atoms. The first-order valence-electron chi connectivity index (χ1n) is 8.16. The highest BCUT2D eigenvalue weighted by Gasteiger charge is 2.24. The topological polar surface area (TPSA) is 98.0 Å². The lowest BCUT2D eigenvalue weighted by atomic mass is 10.1. The van der Waals surface area contributed by atoms with Crippen LogP contribution in [0.1, 0.15) is 25.7 Å². The molecule has 0 aliphatic carbocycles. The molecule has 4 aromatic heterocycles. The van der Waals surface area contributed by atoms with Crippen molar-refractivity contribution in [2.75, 3.05) is 5.32 Å². The van der Waals surface area contributed by atoms with Gasteiger partial charge in [-0.3, -0.25) is 19.9 Å². The number of carbonyl (C=O) groups is 2. The Morgan fingerprint density at radius 1 is 1.03 bits per heavy atom. The second kappa shape index (κ2) is 8.12. The summed E-state index contributed by atoms with van der Waals surface area (Å²) in [6, 6.07) is 11.2. The van der Waals surface area contributed by atoms with Crippen molar-refractivity contribution in [3.63, 3.8) is 0 Å². The van der Waals surface area contributed by atoms with Crippen LogP contribution in [0.4, 0.5) is 5.13 Å². The summed E-state index contributed by atoms with van der Waals surface area (Å²) in [5.41, 5.74) is 0.786. The number of carbonyl (C=O) groups excluding carboxylic acids is 2. The minimum Gasteiger partial charge on any atom is -0.463 e. The van der Waals surface area contributed by atoms with Crippen molar-refractivity contribution in [2.45, 2.75) is 0 Å². The van der Waals surface area contributed by atoms with E-state index in [0.29, 0.717) is 16.3 Å². The molecule has 0 aromatic carbocycles. The fraction of sp³-hybridized carbons (Fsp3) is 0. The second-order valence-electron chi connectivity index (χ2n) is 5.67. The van der Waals surface area contributed by atoms with Crippen LogP contribution in [0.15, 0.2) is 59.3 Å². The zero-order valence-corrected chi connectivity index (χ0v) is 16.8. The number of hydrogen-bond acceptors (Lipinski definition) is 7. The highest BCUT2D eigenvalue weighted by molar-refractivity contribution is 7.18. The van der Waals surface area contributed by atoms with Crippen molar-refractivity contribution in [2.24, 2.45) is 0 Å². The van der Waals surface area contributed by atoms with Gasteiger partial charge < -0.3 is 4.42 Å². The number of hydrogen-bond donors (Lipinski definition) is 1. The van der Waals surface area contributed by atoms with Gasteiger partial charge in [0.2, 0.25) is 5.78 Å². The van der Waals surface area contributed by atoms with Crippen molar-refractivity contribution in [1.82, 2.24) is 15.0 Å². The fourth-order valence-corrected chi connectivity index (χ4v) is 3.86. The van der Waals surface area contributed by atoms with E-state index in [0.717, 1.165) is 11.3 Å². The van der Waals surface area contributed by atoms with Crippen molar-refractivity contribution < 1.29 is 14.0 Å². The average Bonchev–Trinajstić information content (AvgIpc) is 3.37. The molecule has 0 atom stereocenters. The van der Waals surface area contributed by atoms with Crippen LogP contribution in [0.5, 0.6) is 0 Å². The van der Waals surface area contributed by atoms with Gasteiger partial charge in [0.25, 0.3) is 5.91 Å². The Labute approximate surface area is 178 Å². The van der Waals surface area contributed by atoms with Crippen LogP contribution in [0.25, 0.3) is 11.5 Å². The number of furan rings is 1.